The zero-order chi connectivity index (χ0) is 28.3. The second kappa shape index (κ2) is 12.1. The van der Waals surface area contributed by atoms with Gasteiger partial charge in [0.1, 0.15) is 12.4 Å². The highest BCUT2D eigenvalue weighted by molar-refractivity contribution is 9.10. The van der Waals surface area contributed by atoms with Gasteiger partial charge in [0.15, 0.2) is 5.75 Å². The molecule has 0 aliphatic rings. The molecule has 9 nitrogen and oxygen atoms in total. The summed E-state index contributed by atoms with van der Waals surface area (Å²) >= 11 is 15.4. The summed E-state index contributed by atoms with van der Waals surface area (Å²) in [5, 5.41) is 17.5. The second-order valence-electron chi connectivity index (χ2n) is 8.74. The van der Waals surface area contributed by atoms with E-state index in [1.54, 1.807) is 43.3 Å². The molecular formula is C27H23BrCl2N4O5. The predicted molar refractivity (Wildman–Crippen MR) is 156 cm³/mol. The molecule has 0 atom stereocenters. The van der Waals surface area contributed by atoms with Crippen LogP contribution in [0.1, 0.15) is 43.6 Å². The van der Waals surface area contributed by atoms with Crippen LogP contribution in [0, 0.1) is 10.1 Å². The number of rotatable bonds is 9. The molecule has 0 amide bonds. The summed E-state index contributed by atoms with van der Waals surface area (Å²) in [6, 6.07) is 13.1. The van der Waals surface area contributed by atoms with Crippen molar-refractivity contribution < 1.29 is 14.4 Å². The molecule has 0 fully saturated rings. The molecule has 12 heteroatoms. The second-order valence-corrected chi connectivity index (χ2v) is 10.5. The highest BCUT2D eigenvalue weighted by Crippen LogP contribution is 2.39. The maximum atomic E-state index is 13.3. The lowest BCUT2D eigenvalue weighted by atomic mass is 10.1. The van der Waals surface area contributed by atoms with E-state index in [1.165, 1.54) is 17.0 Å². The summed E-state index contributed by atoms with van der Waals surface area (Å²) in [5.41, 5.74) is 0.878. The molecule has 0 aliphatic carbocycles. The fourth-order valence-corrected chi connectivity index (χ4v) is 4.47. The van der Waals surface area contributed by atoms with E-state index >= 15 is 0 Å². The van der Waals surface area contributed by atoms with Crippen LogP contribution in [-0.2, 0) is 6.61 Å². The summed E-state index contributed by atoms with van der Waals surface area (Å²) in [6.07, 6.45) is 1.36. The standard InChI is InChI=1S/C27H23BrCl2N4O5/c1-4-38-24-11-17(10-23(34(36)37)25(24)39-14-16-5-7-20(29)21(30)9-16)13-31-33-26(15(2)3)32-22-8-6-18(28)12-19(22)27(33)35/h5-13,15H,4,14H2,1-3H3. The summed E-state index contributed by atoms with van der Waals surface area (Å²) in [7, 11) is 0. The van der Waals surface area contributed by atoms with Gasteiger partial charge in [-0.05, 0) is 48.9 Å². The van der Waals surface area contributed by atoms with Crippen LogP contribution >= 0.6 is 39.1 Å². The van der Waals surface area contributed by atoms with E-state index in [9.17, 15) is 14.9 Å². The van der Waals surface area contributed by atoms with E-state index in [2.05, 4.69) is 26.0 Å². The van der Waals surface area contributed by atoms with Crippen LogP contribution in [-0.4, -0.2) is 27.4 Å². The van der Waals surface area contributed by atoms with Crippen LogP contribution in [0.2, 0.25) is 10.0 Å². The molecule has 0 unspecified atom stereocenters. The average Bonchev–Trinajstić information content (AvgIpc) is 2.89. The fraction of sp³-hybridized carbons (Fsp3) is 0.222. The smallest absolute Gasteiger partial charge is 0.315 e. The van der Waals surface area contributed by atoms with Crippen molar-refractivity contribution in [2.45, 2.75) is 33.3 Å². The zero-order valence-electron chi connectivity index (χ0n) is 21.2. The number of hydrogen-bond acceptors (Lipinski definition) is 7. The average molecular weight is 634 g/mol. The Morgan fingerprint density at radius 1 is 1.13 bits per heavy atom. The zero-order valence-corrected chi connectivity index (χ0v) is 24.2. The van der Waals surface area contributed by atoms with E-state index in [0.29, 0.717) is 37.9 Å². The number of halogens is 3. The Balaban J connectivity index is 1.76. The van der Waals surface area contributed by atoms with E-state index in [0.717, 1.165) is 4.47 Å². The SMILES string of the molecule is CCOc1cc(C=Nn2c(C(C)C)nc3ccc(Br)cc3c2=O)cc([N+](=O)[O-])c1OCc1ccc(Cl)c(Cl)c1. The molecule has 0 saturated carbocycles. The minimum absolute atomic E-state index is 0.00327. The van der Waals surface area contributed by atoms with Gasteiger partial charge < -0.3 is 9.47 Å². The Labute approximate surface area is 242 Å². The first-order chi connectivity index (χ1) is 18.6. The van der Waals surface area contributed by atoms with Crippen molar-refractivity contribution in [1.82, 2.24) is 9.66 Å². The van der Waals surface area contributed by atoms with Gasteiger partial charge in [0.25, 0.3) is 5.56 Å². The quantitative estimate of drug-likeness (QED) is 0.108. The molecule has 3 aromatic carbocycles. The van der Waals surface area contributed by atoms with Crippen molar-refractivity contribution in [2.24, 2.45) is 5.10 Å². The van der Waals surface area contributed by atoms with Gasteiger partial charge in [0.2, 0.25) is 5.75 Å². The minimum Gasteiger partial charge on any atom is -0.490 e. The number of fused-ring (bicyclic) bond motifs is 1. The molecule has 0 spiro atoms. The summed E-state index contributed by atoms with van der Waals surface area (Å²) in [4.78, 5) is 29.4. The number of nitro groups is 1. The molecule has 0 aliphatic heterocycles. The van der Waals surface area contributed by atoms with Gasteiger partial charge in [-0.2, -0.15) is 9.78 Å². The Morgan fingerprint density at radius 2 is 1.90 bits per heavy atom. The first kappa shape index (κ1) is 28.5. The number of hydrogen-bond donors (Lipinski definition) is 0. The topological polar surface area (TPSA) is 109 Å². The van der Waals surface area contributed by atoms with Crippen molar-refractivity contribution in [3.05, 3.63) is 100 Å². The maximum absolute atomic E-state index is 13.3. The minimum atomic E-state index is -0.565. The largest absolute Gasteiger partial charge is 0.490 e. The maximum Gasteiger partial charge on any atom is 0.315 e. The molecule has 4 aromatic rings. The van der Waals surface area contributed by atoms with Crippen LogP contribution in [0.25, 0.3) is 10.9 Å². The van der Waals surface area contributed by atoms with E-state index < -0.39 is 4.92 Å². The van der Waals surface area contributed by atoms with Crippen molar-refractivity contribution in [3.63, 3.8) is 0 Å². The molecule has 1 heterocycles. The monoisotopic (exact) mass is 632 g/mol. The molecule has 0 bridgehead atoms. The first-order valence-corrected chi connectivity index (χ1v) is 13.4. The molecule has 4 rings (SSSR count). The van der Waals surface area contributed by atoms with Gasteiger partial charge in [0, 0.05) is 22.0 Å². The van der Waals surface area contributed by atoms with E-state index in [-0.39, 0.29) is 41.9 Å². The third-order valence-electron chi connectivity index (χ3n) is 5.59. The Hall–Kier alpha value is -3.47. The highest BCUT2D eigenvalue weighted by atomic mass is 79.9. The summed E-state index contributed by atoms with van der Waals surface area (Å²) < 4.78 is 13.5. The number of nitro benzene ring substituents is 1. The lowest BCUT2D eigenvalue weighted by molar-refractivity contribution is -0.386. The lowest BCUT2D eigenvalue weighted by Gasteiger charge is -2.14. The van der Waals surface area contributed by atoms with Crippen LogP contribution < -0.4 is 15.0 Å². The predicted octanol–water partition coefficient (Wildman–Crippen LogP) is 7.36. The highest BCUT2D eigenvalue weighted by Gasteiger charge is 2.23. The van der Waals surface area contributed by atoms with Crippen LogP contribution in [0.5, 0.6) is 11.5 Å². The van der Waals surface area contributed by atoms with Crippen LogP contribution in [0.4, 0.5) is 5.69 Å². The summed E-state index contributed by atoms with van der Waals surface area (Å²) in [5.74, 6) is 0.452. The molecule has 39 heavy (non-hydrogen) atoms. The van der Waals surface area contributed by atoms with Gasteiger partial charge >= 0.3 is 5.69 Å². The van der Waals surface area contributed by atoms with Gasteiger partial charge in [-0.3, -0.25) is 14.9 Å². The van der Waals surface area contributed by atoms with Crippen molar-refractivity contribution in [1.29, 1.82) is 0 Å². The molecule has 0 radical (unpaired) electrons. The van der Waals surface area contributed by atoms with Crippen molar-refractivity contribution >= 4 is 61.9 Å². The van der Waals surface area contributed by atoms with Crippen LogP contribution in [0.3, 0.4) is 0 Å². The number of ether oxygens (including phenoxy) is 2. The van der Waals surface area contributed by atoms with Gasteiger partial charge in [-0.15, -0.1) is 0 Å². The van der Waals surface area contributed by atoms with Crippen LogP contribution in [0.15, 0.2) is 62.9 Å². The van der Waals surface area contributed by atoms with E-state index in [1.807, 2.05) is 19.9 Å². The van der Waals surface area contributed by atoms with E-state index in [4.69, 9.17) is 32.7 Å². The Bertz CT molecular complexity index is 1660. The van der Waals surface area contributed by atoms with Gasteiger partial charge in [-0.25, -0.2) is 4.98 Å². The van der Waals surface area contributed by atoms with Gasteiger partial charge in [0.05, 0.1) is 38.7 Å². The third-order valence-corrected chi connectivity index (χ3v) is 6.83. The number of aromatic nitrogens is 2. The van der Waals surface area contributed by atoms with Crippen molar-refractivity contribution in [3.8, 4) is 11.5 Å². The number of benzene rings is 3. The molecule has 0 saturated heterocycles. The fourth-order valence-electron chi connectivity index (χ4n) is 3.79. The Kier molecular flexibility index (Phi) is 8.89. The van der Waals surface area contributed by atoms with Gasteiger partial charge in [-0.1, -0.05) is 59.0 Å². The molecular weight excluding hydrogens is 611 g/mol. The lowest BCUT2D eigenvalue weighted by Crippen LogP contribution is -2.23. The van der Waals surface area contributed by atoms with Crippen molar-refractivity contribution in [2.75, 3.05) is 6.61 Å². The first-order valence-electron chi connectivity index (χ1n) is 11.9. The normalized spacial score (nSPS) is 11.5. The third kappa shape index (κ3) is 6.41. The molecule has 1 aromatic heterocycles. The number of nitrogens with zero attached hydrogens (tertiary/aromatic N) is 4. The summed E-state index contributed by atoms with van der Waals surface area (Å²) in [6.45, 7) is 5.79. The molecule has 0 N–H and O–H groups in total. The molecule has 202 valence electrons. The Morgan fingerprint density at radius 3 is 2.56 bits per heavy atom.